The van der Waals surface area contributed by atoms with Crippen molar-refractivity contribution >= 4 is 29.6 Å². The van der Waals surface area contributed by atoms with Gasteiger partial charge in [0.15, 0.2) is 23.0 Å². The summed E-state index contributed by atoms with van der Waals surface area (Å²) in [6.45, 7) is 0.359. The van der Waals surface area contributed by atoms with Gasteiger partial charge in [-0.3, -0.25) is 14.9 Å². The van der Waals surface area contributed by atoms with Crippen LogP contribution < -0.4 is 29.2 Å². The van der Waals surface area contributed by atoms with Crippen molar-refractivity contribution in [2.24, 2.45) is 0 Å². The summed E-state index contributed by atoms with van der Waals surface area (Å²) in [7, 11) is 1.52. The maximum absolute atomic E-state index is 13.2. The molecule has 3 aromatic carbocycles. The molecule has 0 saturated carbocycles. The average Bonchev–Trinajstić information content (AvgIpc) is 3.34. The lowest BCUT2D eigenvalue weighted by molar-refractivity contribution is -0.122. The van der Waals surface area contributed by atoms with Crippen LogP contribution in [0.25, 0.3) is 6.08 Å². The van der Waals surface area contributed by atoms with Crippen molar-refractivity contribution in [2.75, 3.05) is 18.8 Å². The minimum absolute atomic E-state index is 0.0503. The zero-order valence-corrected chi connectivity index (χ0v) is 18.6. The Bertz CT molecular complexity index is 1350. The Morgan fingerprint density at radius 3 is 2.54 bits per heavy atom. The number of rotatable bonds is 6. The number of carbonyl (C=O) groups excluding carboxylic acids is 3. The highest BCUT2D eigenvalue weighted by Gasteiger charge is 2.37. The second-order valence-corrected chi connectivity index (χ2v) is 7.68. The number of hydrogen-bond donors (Lipinski definition) is 1. The Balaban J connectivity index is 1.44. The Morgan fingerprint density at radius 1 is 0.943 bits per heavy atom. The molecule has 1 fully saturated rings. The first-order valence-corrected chi connectivity index (χ1v) is 10.7. The van der Waals surface area contributed by atoms with E-state index in [1.54, 1.807) is 30.3 Å². The molecule has 0 aromatic heterocycles. The average molecular weight is 472 g/mol. The molecule has 5 rings (SSSR count). The first-order chi connectivity index (χ1) is 17.0. The van der Waals surface area contributed by atoms with Gasteiger partial charge >= 0.3 is 6.03 Å². The van der Waals surface area contributed by atoms with Crippen LogP contribution >= 0.6 is 0 Å². The number of urea groups is 1. The number of fused-ring (bicyclic) bond motifs is 1. The van der Waals surface area contributed by atoms with Gasteiger partial charge in [0.1, 0.15) is 12.2 Å². The van der Waals surface area contributed by atoms with Crippen LogP contribution in [-0.4, -0.2) is 31.7 Å². The van der Waals surface area contributed by atoms with Gasteiger partial charge in [-0.05, 0) is 41.5 Å². The molecule has 2 aliphatic heterocycles. The molecule has 0 aliphatic carbocycles. The number of barbiturate groups is 1. The molecule has 0 atom stereocenters. The van der Waals surface area contributed by atoms with Crippen LogP contribution in [0.5, 0.6) is 23.0 Å². The summed E-state index contributed by atoms with van der Waals surface area (Å²) in [5, 5.41) is 2.21. The summed E-state index contributed by atoms with van der Waals surface area (Å²) in [6.07, 6.45) is 1.40. The third-order valence-electron chi connectivity index (χ3n) is 5.45. The van der Waals surface area contributed by atoms with E-state index < -0.39 is 17.8 Å². The molecule has 0 spiro atoms. The first kappa shape index (κ1) is 22.0. The predicted molar refractivity (Wildman–Crippen MR) is 125 cm³/mol. The SMILES string of the molecule is COc1ccc(/C=C2\C(=O)NC(=O)N(c3ccc4c(c3)OCO4)C2=O)cc1OCc1ccccc1. The number of methoxy groups -OCH3 is 1. The smallest absolute Gasteiger partial charge is 0.335 e. The molecular formula is C26H20N2O7. The van der Waals surface area contributed by atoms with Crippen molar-refractivity contribution in [2.45, 2.75) is 6.61 Å². The number of ether oxygens (including phenoxy) is 4. The summed E-state index contributed by atoms with van der Waals surface area (Å²) in [6, 6.07) is 18.4. The lowest BCUT2D eigenvalue weighted by Crippen LogP contribution is -2.54. The molecule has 9 nitrogen and oxygen atoms in total. The van der Waals surface area contributed by atoms with Crippen molar-refractivity contribution in [3.63, 3.8) is 0 Å². The second-order valence-electron chi connectivity index (χ2n) is 7.68. The quantitative estimate of drug-likeness (QED) is 0.431. The fraction of sp³-hybridized carbons (Fsp3) is 0.115. The monoisotopic (exact) mass is 472 g/mol. The van der Waals surface area contributed by atoms with Crippen molar-refractivity contribution in [3.8, 4) is 23.0 Å². The molecule has 4 amide bonds. The number of hydrogen-bond acceptors (Lipinski definition) is 7. The fourth-order valence-electron chi connectivity index (χ4n) is 3.71. The number of nitrogens with one attached hydrogen (secondary N) is 1. The maximum atomic E-state index is 13.2. The molecule has 0 unspecified atom stereocenters. The van der Waals surface area contributed by atoms with Crippen LogP contribution in [0.2, 0.25) is 0 Å². The third-order valence-corrected chi connectivity index (χ3v) is 5.45. The third kappa shape index (κ3) is 4.39. The van der Waals surface area contributed by atoms with Crippen molar-refractivity contribution in [1.29, 1.82) is 0 Å². The maximum Gasteiger partial charge on any atom is 0.335 e. The van der Waals surface area contributed by atoms with E-state index in [1.165, 1.54) is 19.3 Å². The molecule has 3 aromatic rings. The van der Waals surface area contributed by atoms with Crippen LogP contribution in [0, 0.1) is 0 Å². The van der Waals surface area contributed by atoms with Gasteiger partial charge in [-0.1, -0.05) is 36.4 Å². The highest BCUT2D eigenvalue weighted by Crippen LogP contribution is 2.36. The zero-order chi connectivity index (χ0) is 24.4. The van der Waals surface area contributed by atoms with E-state index in [1.807, 2.05) is 30.3 Å². The van der Waals surface area contributed by atoms with Gasteiger partial charge in [-0.15, -0.1) is 0 Å². The number of nitrogens with zero attached hydrogens (tertiary/aromatic N) is 1. The van der Waals surface area contributed by atoms with Gasteiger partial charge in [0.05, 0.1) is 12.8 Å². The summed E-state index contributed by atoms with van der Waals surface area (Å²) in [5.74, 6) is 0.296. The summed E-state index contributed by atoms with van der Waals surface area (Å²) >= 11 is 0. The van der Waals surface area contributed by atoms with Crippen molar-refractivity contribution < 1.29 is 33.3 Å². The Kier molecular flexibility index (Phi) is 5.80. The molecule has 176 valence electrons. The van der Waals surface area contributed by atoms with Gasteiger partial charge in [0.2, 0.25) is 6.79 Å². The molecule has 1 N–H and O–H groups in total. The van der Waals surface area contributed by atoms with E-state index in [2.05, 4.69) is 5.32 Å². The molecule has 2 heterocycles. The van der Waals surface area contributed by atoms with Crippen LogP contribution in [-0.2, 0) is 16.2 Å². The van der Waals surface area contributed by atoms with Gasteiger partial charge in [-0.25, -0.2) is 9.69 Å². The first-order valence-electron chi connectivity index (χ1n) is 10.7. The molecule has 0 radical (unpaired) electrons. The number of imide groups is 2. The standard InChI is InChI=1S/C26H20N2O7/c1-32-20-9-7-17(12-22(20)33-14-16-5-3-2-4-6-16)11-19-24(29)27-26(31)28(25(19)30)18-8-10-21-23(13-18)35-15-34-21/h2-13H,14-15H2,1H3,(H,27,29,31)/b19-11+. The number of carbonyl (C=O) groups is 3. The summed E-state index contributed by atoms with van der Waals surface area (Å²) in [5.41, 5.74) is 1.53. The summed E-state index contributed by atoms with van der Waals surface area (Å²) in [4.78, 5) is 39.2. The number of anilines is 1. The molecule has 1 saturated heterocycles. The largest absolute Gasteiger partial charge is 0.493 e. The van der Waals surface area contributed by atoms with E-state index in [4.69, 9.17) is 18.9 Å². The zero-order valence-electron chi connectivity index (χ0n) is 18.6. The van der Waals surface area contributed by atoms with Crippen molar-refractivity contribution in [1.82, 2.24) is 5.32 Å². The minimum atomic E-state index is -0.849. The van der Waals surface area contributed by atoms with Gasteiger partial charge in [0.25, 0.3) is 11.8 Å². The normalized spacial score (nSPS) is 15.9. The second kappa shape index (κ2) is 9.22. The Hall–Kier alpha value is -4.79. The number of amides is 4. The topological polar surface area (TPSA) is 103 Å². The Labute approximate surface area is 200 Å². The van der Waals surface area contributed by atoms with Gasteiger partial charge in [-0.2, -0.15) is 0 Å². The Morgan fingerprint density at radius 2 is 1.74 bits per heavy atom. The molecule has 9 heteroatoms. The highest BCUT2D eigenvalue weighted by atomic mass is 16.7. The predicted octanol–water partition coefficient (Wildman–Crippen LogP) is 3.67. The number of benzene rings is 3. The molecule has 0 bridgehead atoms. The van der Waals surface area contributed by atoms with E-state index >= 15 is 0 Å². The molecular weight excluding hydrogens is 452 g/mol. The van der Waals surface area contributed by atoms with E-state index in [-0.39, 0.29) is 18.1 Å². The van der Waals surface area contributed by atoms with Crippen molar-refractivity contribution in [3.05, 3.63) is 83.4 Å². The van der Waals surface area contributed by atoms with Gasteiger partial charge in [0, 0.05) is 6.07 Å². The van der Waals surface area contributed by atoms with Crippen LogP contribution in [0.3, 0.4) is 0 Å². The van der Waals surface area contributed by atoms with Crippen LogP contribution in [0.15, 0.2) is 72.3 Å². The molecule has 35 heavy (non-hydrogen) atoms. The highest BCUT2D eigenvalue weighted by molar-refractivity contribution is 6.39. The van der Waals surface area contributed by atoms with E-state index in [0.717, 1.165) is 10.5 Å². The lowest BCUT2D eigenvalue weighted by Gasteiger charge is -2.26. The van der Waals surface area contributed by atoms with Crippen LogP contribution in [0.4, 0.5) is 10.5 Å². The fourth-order valence-corrected chi connectivity index (χ4v) is 3.71. The van der Waals surface area contributed by atoms with E-state index in [9.17, 15) is 14.4 Å². The van der Waals surface area contributed by atoms with Crippen LogP contribution in [0.1, 0.15) is 11.1 Å². The lowest BCUT2D eigenvalue weighted by atomic mass is 10.1. The van der Waals surface area contributed by atoms with E-state index in [0.29, 0.717) is 35.2 Å². The van der Waals surface area contributed by atoms with Gasteiger partial charge < -0.3 is 18.9 Å². The summed E-state index contributed by atoms with van der Waals surface area (Å²) < 4.78 is 21.9. The molecule has 2 aliphatic rings. The minimum Gasteiger partial charge on any atom is -0.493 e.